The van der Waals surface area contributed by atoms with Crippen LogP contribution in [0, 0.1) is 0 Å². The first-order chi connectivity index (χ1) is 6.33. The van der Waals surface area contributed by atoms with Gasteiger partial charge in [-0.25, -0.2) is 0 Å². The number of hydrogen-bond acceptors (Lipinski definition) is 1. The number of amides is 1. The first-order valence-electron chi connectivity index (χ1n) is 4.56. The van der Waals surface area contributed by atoms with E-state index in [1.807, 2.05) is 25.1 Å². The van der Waals surface area contributed by atoms with Crippen LogP contribution in [0.15, 0.2) is 30.3 Å². The molecule has 0 aromatic heterocycles. The molecule has 1 N–H and O–H groups in total. The maximum atomic E-state index is 10.1. The molecule has 2 nitrogen and oxygen atoms in total. The van der Waals surface area contributed by atoms with Gasteiger partial charge in [-0.15, -0.1) is 0 Å². The van der Waals surface area contributed by atoms with Crippen LogP contribution in [-0.2, 0) is 11.2 Å². The van der Waals surface area contributed by atoms with E-state index in [-0.39, 0.29) is 6.04 Å². The lowest BCUT2D eigenvalue weighted by molar-refractivity contribution is -0.110. The van der Waals surface area contributed by atoms with Crippen molar-refractivity contribution in [2.45, 2.75) is 25.8 Å². The van der Waals surface area contributed by atoms with Crippen molar-refractivity contribution in [3.63, 3.8) is 0 Å². The van der Waals surface area contributed by atoms with E-state index in [9.17, 15) is 4.79 Å². The van der Waals surface area contributed by atoms with Gasteiger partial charge in [0, 0.05) is 6.04 Å². The van der Waals surface area contributed by atoms with Gasteiger partial charge in [0.25, 0.3) is 0 Å². The molecule has 0 saturated carbocycles. The molecular weight excluding hydrogens is 162 g/mol. The van der Waals surface area contributed by atoms with Crippen molar-refractivity contribution in [3.8, 4) is 0 Å². The highest BCUT2D eigenvalue weighted by molar-refractivity contribution is 5.46. The predicted molar refractivity (Wildman–Crippen MR) is 53.4 cm³/mol. The normalized spacial score (nSPS) is 12.1. The quantitative estimate of drug-likeness (QED) is 0.682. The monoisotopic (exact) mass is 177 g/mol. The van der Waals surface area contributed by atoms with Gasteiger partial charge in [-0.3, -0.25) is 4.79 Å². The molecule has 0 unspecified atom stereocenters. The summed E-state index contributed by atoms with van der Waals surface area (Å²) < 4.78 is 0. The average molecular weight is 177 g/mol. The molecular formula is C11H15NO. The van der Waals surface area contributed by atoms with Crippen LogP contribution in [0.1, 0.15) is 18.9 Å². The van der Waals surface area contributed by atoms with E-state index in [0.29, 0.717) is 0 Å². The molecule has 0 aliphatic carbocycles. The Morgan fingerprint density at radius 2 is 2.08 bits per heavy atom. The molecule has 0 bridgehead atoms. The molecule has 0 radical (unpaired) electrons. The third-order valence-electron chi connectivity index (χ3n) is 2.06. The summed E-state index contributed by atoms with van der Waals surface area (Å²) >= 11 is 0. The fraction of sp³-hybridized carbons (Fsp3) is 0.364. The Balaban J connectivity index is 2.30. The summed E-state index contributed by atoms with van der Waals surface area (Å²) in [5, 5.41) is 2.74. The first-order valence-corrected chi connectivity index (χ1v) is 4.56. The zero-order chi connectivity index (χ0) is 9.52. The van der Waals surface area contributed by atoms with Crippen LogP contribution in [-0.4, -0.2) is 12.5 Å². The van der Waals surface area contributed by atoms with Crippen LogP contribution in [0.3, 0.4) is 0 Å². The van der Waals surface area contributed by atoms with E-state index < -0.39 is 0 Å². The Bertz CT molecular complexity index is 246. The summed E-state index contributed by atoms with van der Waals surface area (Å²) in [6.45, 7) is 2.01. The number of rotatable bonds is 5. The van der Waals surface area contributed by atoms with E-state index in [1.165, 1.54) is 5.56 Å². The Kier molecular flexibility index (Phi) is 4.03. The van der Waals surface area contributed by atoms with Crippen LogP contribution in [0.5, 0.6) is 0 Å². The van der Waals surface area contributed by atoms with Crippen molar-refractivity contribution in [1.82, 2.24) is 5.32 Å². The zero-order valence-electron chi connectivity index (χ0n) is 7.86. The van der Waals surface area contributed by atoms with Crippen LogP contribution in [0.2, 0.25) is 0 Å². The van der Waals surface area contributed by atoms with Gasteiger partial charge in [-0.1, -0.05) is 30.3 Å². The summed E-state index contributed by atoms with van der Waals surface area (Å²) in [5.41, 5.74) is 1.32. The molecule has 13 heavy (non-hydrogen) atoms. The molecule has 2 heteroatoms. The van der Waals surface area contributed by atoms with E-state index in [2.05, 4.69) is 17.4 Å². The van der Waals surface area contributed by atoms with E-state index in [0.717, 1.165) is 19.3 Å². The van der Waals surface area contributed by atoms with E-state index >= 15 is 0 Å². The third-order valence-corrected chi connectivity index (χ3v) is 2.06. The highest BCUT2D eigenvalue weighted by Crippen LogP contribution is 2.03. The lowest BCUT2D eigenvalue weighted by Crippen LogP contribution is -2.24. The number of aryl methyl sites for hydroxylation is 1. The molecule has 0 heterocycles. The summed E-state index contributed by atoms with van der Waals surface area (Å²) in [7, 11) is 0. The minimum atomic E-state index is 0.262. The van der Waals surface area contributed by atoms with Crippen molar-refractivity contribution in [1.29, 1.82) is 0 Å². The second-order valence-electron chi connectivity index (χ2n) is 3.21. The van der Waals surface area contributed by atoms with Gasteiger partial charge in [0.1, 0.15) is 0 Å². The number of hydrogen-bond donors (Lipinski definition) is 1. The van der Waals surface area contributed by atoms with E-state index in [1.54, 1.807) is 0 Å². The molecule has 0 aliphatic rings. The lowest BCUT2D eigenvalue weighted by Gasteiger charge is -2.09. The van der Waals surface area contributed by atoms with Crippen LogP contribution < -0.4 is 5.32 Å². The first kappa shape index (κ1) is 9.78. The van der Waals surface area contributed by atoms with Gasteiger partial charge < -0.3 is 5.32 Å². The molecule has 0 aliphatic heterocycles. The second-order valence-corrected chi connectivity index (χ2v) is 3.21. The lowest BCUT2D eigenvalue weighted by atomic mass is 10.1. The maximum Gasteiger partial charge on any atom is 0.207 e. The van der Waals surface area contributed by atoms with Gasteiger partial charge in [-0.05, 0) is 25.3 Å². The van der Waals surface area contributed by atoms with Crippen LogP contribution >= 0.6 is 0 Å². The largest absolute Gasteiger partial charge is 0.356 e. The molecule has 1 rings (SSSR count). The predicted octanol–water partition coefficient (Wildman–Crippen LogP) is 1.75. The standard InChI is InChI=1S/C11H15NO/c1-10(12-9-13)7-8-11-5-3-2-4-6-11/h2-6,9-10H,7-8H2,1H3,(H,12,13)/t10-/m1/s1. The van der Waals surface area contributed by atoms with Crippen molar-refractivity contribution < 1.29 is 4.79 Å². The molecule has 1 atom stereocenters. The topological polar surface area (TPSA) is 29.1 Å². The number of nitrogens with one attached hydrogen (secondary N) is 1. The Labute approximate surface area is 79.0 Å². The molecule has 0 fully saturated rings. The Morgan fingerprint density at radius 1 is 1.38 bits per heavy atom. The van der Waals surface area contributed by atoms with Crippen molar-refractivity contribution in [2.24, 2.45) is 0 Å². The average Bonchev–Trinajstić information content (AvgIpc) is 2.17. The summed E-state index contributed by atoms with van der Waals surface area (Å²) in [6, 6.07) is 10.6. The molecule has 1 aromatic carbocycles. The minimum absolute atomic E-state index is 0.262. The minimum Gasteiger partial charge on any atom is -0.356 e. The van der Waals surface area contributed by atoms with Crippen molar-refractivity contribution in [2.75, 3.05) is 0 Å². The third kappa shape index (κ3) is 3.74. The second kappa shape index (κ2) is 5.36. The molecule has 0 spiro atoms. The molecule has 0 saturated heterocycles. The van der Waals surface area contributed by atoms with Gasteiger partial charge in [0.2, 0.25) is 6.41 Å². The van der Waals surface area contributed by atoms with Crippen LogP contribution in [0.4, 0.5) is 0 Å². The molecule has 70 valence electrons. The van der Waals surface area contributed by atoms with Crippen molar-refractivity contribution >= 4 is 6.41 Å². The van der Waals surface area contributed by atoms with Crippen molar-refractivity contribution in [3.05, 3.63) is 35.9 Å². The number of carbonyl (C=O) groups is 1. The zero-order valence-corrected chi connectivity index (χ0v) is 7.86. The van der Waals surface area contributed by atoms with Gasteiger partial charge in [-0.2, -0.15) is 0 Å². The molecule has 1 aromatic rings. The number of benzene rings is 1. The SMILES string of the molecule is C[C@H](CCc1ccccc1)NC=O. The maximum absolute atomic E-state index is 10.1. The summed E-state index contributed by atoms with van der Waals surface area (Å²) in [5.74, 6) is 0. The molecule has 1 amide bonds. The fourth-order valence-electron chi connectivity index (χ4n) is 1.23. The fourth-order valence-corrected chi connectivity index (χ4v) is 1.23. The van der Waals surface area contributed by atoms with Gasteiger partial charge >= 0.3 is 0 Å². The van der Waals surface area contributed by atoms with Gasteiger partial charge in [0.05, 0.1) is 0 Å². The highest BCUT2D eigenvalue weighted by Gasteiger charge is 1.99. The summed E-state index contributed by atoms with van der Waals surface area (Å²) in [6.07, 6.45) is 2.77. The smallest absolute Gasteiger partial charge is 0.207 e. The Morgan fingerprint density at radius 3 is 2.69 bits per heavy atom. The summed E-state index contributed by atoms with van der Waals surface area (Å²) in [4.78, 5) is 10.1. The van der Waals surface area contributed by atoms with Crippen LogP contribution in [0.25, 0.3) is 0 Å². The number of carbonyl (C=O) groups excluding carboxylic acids is 1. The Hall–Kier alpha value is -1.31. The van der Waals surface area contributed by atoms with Gasteiger partial charge in [0.15, 0.2) is 0 Å². The highest BCUT2D eigenvalue weighted by atomic mass is 16.1. The van der Waals surface area contributed by atoms with E-state index in [4.69, 9.17) is 0 Å².